The zero-order valence-electron chi connectivity index (χ0n) is 17.2. The maximum Gasteiger partial charge on any atom is 0.340 e. The summed E-state index contributed by atoms with van der Waals surface area (Å²) in [6.07, 6.45) is 1.47. The average molecular weight is 445 g/mol. The second kappa shape index (κ2) is 10.4. The van der Waals surface area contributed by atoms with Gasteiger partial charge in [-0.3, -0.25) is 4.79 Å². The molecule has 2 aromatic heterocycles. The van der Waals surface area contributed by atoms with E-state index < -0.39 is 5.97 Å². The van der Waals surface area contributed by atoms with E-state index in [4.69, 9.17) is 4.74 Å². The van der Waals surface area contributed by atoms with Gasteiger partial charge in [-0.15, -0.1) is 21.5 Å². The Hall–Kier alpha value is -2.65. The molecule has 0 bridgehead atoms. The van der Waals surface area contributed by atoms with Gasteiger partial charge in [0.2, 0.25) is 5.91 Å². The van der Waals surface area contributed by atoms with E-state index in [-0.39, 0.29) is 11.7 Å². The van der Waals surface area contributed by atoms with E-state index in [9.17, 15) is 9.59 Å². The summed E-state index contributed by atoms with van der Waals surface area (Å²) in [4.78, 5) is 25.5. The van der Waals surface area contributed by atoms with Crippen LogP contribution in [-0.2, 0) is 28.9 Å². The highest BCUT2D eigenvalue weighted by Crippen LogP contribution is 2.29. The van der Waals surface area contributed by atoms with E-state index in [1.807, 2.05) is 36.6 Å². The Kier molecular flexibility index (Phi) is 7.64. The number of nitrogens with zero attached hydrogens (tertiary/aromatic N) is 3. The summed E-state index contributed by atoms with van der Waals surface area (Å²) < 4.78 is 6.84. The minimum absolute atomic E-state index is 0.170. The van der Waals surface area contributed by atoms with Gasteiger partial charge in [0.05, 0.1) is 18.4 Å². The fourth-order valence-electron chi connectivity index (χ4n) is 2.92. The molecule has 0 atom stereocenters. The SMILES string of the molecule is CCc1cc(C(=O)OC)c(NC(=O)CSc2nnc(Cc3ccccc3)n2CC)s1. The summed E-state index contributed by atoms with van der Waals surface area (Å²) in [7, 11) is 1.33. The first-order valence-electron chi connectivity index (χ1n) is 9.65. The Morgan fingerprint density at radius 2 is 1.97 bits per heavy atom. The molecule has 0 saturated heterocycles. The summed E-state index contributed by atoms with van der Waals surface area (Å²) in [6, 6.07) is 11.9. The molecule has 0 aliphatic rings. The summed E-state index contributed by atoms with van der Waals surface area (Å²) in [5.41, 5.74) is 1.55. The fourth-order valence-corrected chi connectivity index (χ4v) is 4.74. The molecule has 1 amide bonds. The van der Waals surface area contributed by atoms with E-state index >= 15 is 0 Å². The number of amides is 1. The lowest BCUT2D eigenvalue weighted by molar-refractivity contribution is -0.113. The predicted molar refractivity (Wildman–Crippen MR) is 119 cm³/mol. The van der Waals surface area contributed by atoms with Crippen molar-refractivity contribution in [3.05, 3.63) is 58.2 Å². The number of nitrogens with one attached hydrogen (secondary N) is 1. The molecule has 30 heavy (non-hydrogen) atoms. The third-order valence-corrected chi connectivity index (χ3v) is 6.60. The number of thioether (sulfide) groups is 1. The fraction of sp³-hybridized carbons (Fsp3) is 0.333. The Labute approximate surface area is 183 Å². The Morgan fingerprint density at radius 3 is 2.63 bits per heavy atom. The lowest BCUT2D eigenvalue weighted by atomic mass is 10.1. The van der Waals surface area contributed by atoms with Gasteiger partial charge in [0, 0.05) is 17.8 Å². The van der Waals surface area contributed by atoms with Crippen LogP contribution in [0.2, 0.25) is 0 Å². The second-order valence-corrected chi connectivity index (χ2v) is 8.52. The van der Waals surface area contributed by atoms with Crippen molar-refractivity contribution in [3.8, 4) is 0 Å². The minimum atomic E-state index is -0.454. The van der Waals surface area contributed by atoms with Gasteiger partial charge < -0.3 is 14.6 Å². The molecule has 3 rings (SSSR count). The number of rotatable bonds is 9. The van der Waals surface area contributed by atoms with Gasteiger partial charge in [0.15, 0.2) is 5.16 Å². The topological polar surface area (TPSA) is 86.1 Å². The number of aromatic nitrogens is 3. The highest BCUT2D eigenvalue weighted by atomic mass is 32.2. The highest BCUT2D eigenvalue weighted by molar-refractivity contribution is 7.99. The summed E-state index contributed by atoms with van der Waals surface area (Å²) >= 11 is 2.72. The van der Waals surface area contributed by atoms with Crippen LogP contribution in [0.3, 0.4) is 0 Å². The number of ether oxygens (including phenoxy) is 1. The quantitative estimate of drug-likeness (QED) is 0.396. The maximum atomic E-state index is 12.5. The monoisotopic (exact) mass is 444 g/mol. The first-order valence-corrected chi connectivity index (χ1v) is 11.5. The molecular formula is C21H24N4O3S2. The zero-order valence-corrected chi connectivity index (χ0v) is 18.8. The molecule has 0 unspecified atom stereocenters. The molecule has 0 fully saturated rings. The number of aryl methyl sites for hydroxylation is 1. The van der Waals surface area contributed by atoms with Crippen LogP contribution in [0.1, 0.15) is 40.5 Å². The highest BCUT2D eigenvalue weighted by Gasteiger charge is 2.19. The van der Waals surface area contributed by atoms with Crippen LogP contribution in [0.25, 0.3) is 0 Å². The van der Waals surface area contributed by atoms with Crippen molar-refractivity contribution in [2.75, 3.05) is 18.2 Å². The number of benzene rings is 1. The van der Waals surface area contributed by atoms with Crippen LogP contribution in [0.4, 0.5) is 5.00 Å². The van der Waals surface area contributed by atoms with Crippen LogP contribution in [-0.4, -0.2) is 39.5 Å². The van der Waals surface area contributed by atoms with Crippen molar-refractivity contribution in [2.45, 2.75) is 38.4 Å². The molecule has 0 spiro atoms. The van der Waals surface area contributed by atoms with Crippen LogP contribution < -0.4 is 5.32 Å². The van der Waals surface area contributed by atoms with Gasteiger partial charge in [0.1, 0.15) is 10.8 Å². The molecule has 3 aromatic rings. The predicted octanol–water partition coefficient (Wildman–Crippen LogP) is 4.03. The molecule has 9 heteroatoms. The lowest BCUT2D eigenvalue weighted by Crippen LogP contribution is -2.16. The molecule has 0 aliphatic heterocycles. The number of methoxy groups -OCH3 is 1. The van der Waals surface area contributed by atoms with Gasteiger partial charge in [-0.2, -0.15) is 0 Å². The summed E-state index contributed by atoms with van der Waals surface area (Å²) in [6.45, 7) is 4.75. The standard InChI is InChI=1S/C21H24N4O3S2/c1-4-15-12-16(20(27)28-3)19(30-15)22-18(26)13-29-21-24-23-17(25(21)5-2)11-14-9-7-6-8-10-14/h6-10,12H,4-5,11,13H2,1-3H3,(H,22,26). The second-order valence-electron chi connectivity index (χ2n) is 6.44. The van der Waals surface area contributed by atoms with Crippen molar-refractivity contribution in [1.82, 2.24) is 14.8 Å². The van der Waals surface area contributed by atoms with E-state index in [0.29, 0.717) is 22.1 Å². The summed E-state index contributed by atoms with van der Waals surface area (Å²) in [5, 5.41) is 12.6. The minimum Gasteiger partial charge on any atom is -0.465 e. The maximum absolute atomic E-state index is 12.5. The summed E-state index contributed by atoms with van der Waals surface area (Å²) in [5.74, 6) is 0.379. The van der Waals surface area contributed by atoms with Crippen molar-refractivity contribution in [1.29, 1.82) is 0 Å². The van der Waals surface area contributed by atoms with Gasteiger partial charge in [-0.05, 0) is 25.0 Å². The van der Waals surface area contributed by atoms with E-state index in [0.717, 1.165) is 29.2 Å². The van der Waals surface area contributed by atoms with E-state index in [1.54, 1.807) is 6.07 Å². The van der Waals surface area contributed by atoms with Crippen molar-refractivity contribution < 1.29 is 14.3 Å². The lowest BCUT2D eigenvalue weighted by Gasteiger charge is -2.08. The van der Waals surface area contributed by atoms with Gasteiger partial charge in [0.25, 0.3) is 0 Å². The third kappa shape index (κ3) is 5.28. The number of esters is 1. The number of hydrogen-bond acceptors (Lipinski definition) is 7. The molecular weight excluding hydrogens is 420 g/mol. The van der Waals surface area contributed by atoms with Crippen molar-refractivity contribution in [3.63, 3.8) is 0 Å². The molecule has 7 nitrogen and oxygen atoms in total. The molecule has 158 valence electrons. The average Bonchev–Trinajstić information content (AvgIpc) is 3.35. The van der Waals surface area contributed by atoms with Gasteiger partial charge in [-0.25, -0.2) is 4.79 Å². The van der Waals surface area contributed by atoms with E-state index in [2.05, 4.69) is 27.6 Å². The largest absolute Gasteiger partial charge is 0.465 e. The molecule has 1 aromatic carbocycles. The normalized spacial score (nSPS) is 10.8. The van der Waals surface area contributed by atoms with E-state index in [1.165, 1.54) is 30.2 Å². The van der Waals surface area contributed by atoms with Crippen LogP contribution >= 0.6 is 23.1 Å². The van der Waals surface area contributed by atoms with Gasteiger partial charge in [-0.1, -0.05) is 49.0 Å². The molecule has 2 heterocycles. The Morgan fingerprint density at radius 1 is 1.20 bits per heavy atom. The molecule has 1 N–H and O–H groups in total. The molecule has 0 saturated carbocycles. The Balaban J connectivity index is 1.65. The smallest absolute Gasteiger partial charge is 0.340 e. The number of hydrogen-bond donors (Lipinski definition) is 1. The van der Waals surface area contributed by atoms with Gasteiger partial charge >= 0.3 is 5.97 Å². The molecule has 0 radical (unpaired) electrons. The van der Waals surface area contributed by atoms with Crippen LogP contribution in [0, 0.1) is 0 Å². The van der Waals surface area contributed by atoms with Crippen LogP contribution in [0.5, 0.6) is 0 Å². The van der Waals surface area contributed by atoms with Crippen LogP contribution in [0.15, 0.2) is 41.6 Å². The third-order valence-electron chi connectivity index (χ3n) is 4.44. The van der Waals surface area contributed by atoms with Crippen molar-refractivity contribution >= 4 is 40.0 Å². The van der Waals surface area contributed by atoms with Crippen molar-refractivity contribution in [2.24, 2.45) is 0 Å². The number of carbonyl (C=O) groups is 2. The first kappa shape index (κ1) is 22.0. The number of thiophene rings is 1. The zero-order chi connectivity index (χ0) is 21.5. The number of anilines is 1. The number of carbonyl (C=O) groups excluding carboxylic acids is 2. The Bertz CT molecular complexity index is 1010. The first-order chi connectivity index (χ1) is 14.5. The molecule has 0 aliphatic carbocycles.